The first kappa shape index (κ1) is 10.1. The van der Waals surface area contributed by atoms with Gasteiger partial charge >= 0.3 is 54.6 Å². The maximum absolute atomic E-state index is 9.19. The third-order valence-electron chi connectivity index (χ3n) is 0.0445. The molecule has 0 N–H and O–H groups in total. The van der Waals surface area contributed by atoms with Crippen molar-refractivity contribution < 1.29 is 54.6 Å². The molecule has 0 aliphatic carbocycles. The first-order chi connectivity index (χ1) is 2.91. The van der Waals surface area contributed by atoms with Gasteiger partial charge in [0, 0.05) is 0 Å². The summed E-state index contributed by atoms with van der Waals surface area (Å²) in [7, 11) is 0. The van der Waals surface area contributed by atoms with Crippen molar-refractivity contribution in [3.63, 3.8) is 0 Å². The van der Waals surface area contributed by atoms with E-state index in [1.165, 1.54) is 0 Å². The van der Waals surface area contributed by atoms with Gasteiger partial charge in [0.2, 0.25) is 0 Å². The summed E-state index contributed by atoms with van der Waals surface area (Å²) in [6.45, 7) is 0. The maximum atomic E-state index is 9.19. The van der Waals surface area contributed by atoms with E-state index < -0.39 is 27.7 Å². The average Bonchev–Trinajstić information content (AvgIpc) is 1.72. The molecular formula is CoMnO3Zn. The van der Waals surface area contributed by atoms with E-state index in [9.17, 15) is 3.57 Å². The predicted molar refractivity (Wildman–Crippen MR) is 2.06 cm³/mol. The van der Waals surface area contributed by atoms with Crippen molar-refractivity contribution in [3.8, 4) is 0 Å². The van der Waals surface area contributed by atoms with Crippen LogP contribution in [0.25, 0.3) is 0 Å². The number of hydrogen-bond donors (Lipinski definition) is 0. The van der Waals surface area contributed by atoms with Crippen molar-refractivity contribution in [1.82, 2.24) is 0 Å². The fourth-order valence-corrected chi connectivity index (χ4v) is 0. The molecule has 0 spiro atoms. The van der Waals surface area contributed by atoms with Crippen LogP contribution in [0.15, 0.2) is 0 Å². The molecule has 0 atom stereocenters. The Balaban J connectivity index is 0. The second-order valence-electron chi connectivity index (χ2n) is 0.218. The summed E-state index contributed by atoms with van der Waals surface area (Å²) in [5.41, 5.74) is 0. The van der Waals surface area contributed by atoms with Gasteiger partial charge < -0.3 is 0 Å². The summed E-state index contributed by atoms with van der Waals surface area (Å²) in [5, 5.41) is 0. The summed E-state index contributed by atoms with van der Waals surface area (Å²) in [6, 6.07) is 0. The van der Waals surface area contributed by atoms with Gasteiger partial charge in [-0.3, -0.25) is 0 Å². The van der Waals surface area contributed by atoms with E-state index in [0.29, 0.717) is 0 Å². The van der Waals surface area contributed by atoms with Crippen LogP contribution in [0.5, 0.6) is 0 Å². The molecule has 0 unspecified atom stereocenters. The van der Waals surface area contributed by atoms with Gasteiger partial charge in [-0.05, 0) is 0 Å². The molecule has 0 saturated carbocycles. The van der Waals surface area contributed by atoms with Crippen LogP contribution in [0.1, 0.15) is 0 Å². The fraction of sp³-hybridized carbons (Fsp3) is 0. The van der Waals surface area contributed by atoms with E-state index in [-0.39, 0.29) is 0 Å². The summed E-state index contributed by atoms with van der Waals surface area (Å²) >= 11 is 0.149. The van der Waals surface area contributed by atoms with Gasteiger partial charge in [-0.15, -0.1) is 0 Å². The molecular weight excluding hydrogens is 227 g/mol. The molecule has 6 heavy (non-hydrogen) atoms. The molecule has 36 valence electrons. The van der Waals surface area contributed by atoms with Crippen LogP contribution in [0.2, 0.25) is 0 Å². The topological polar surface area (TPSA) is 51.2 Å². The Hall–Kier alpha value is 1.05. The Morgan fingerprint density at radius 3 is 1.67 bits per heavy atom. The van der Waals surface area contributed by atoms with Gasteiger partial charge in [-0.25, -0.2) is 0 Å². The molecule has 6 heteroatoms. The van der Waals surface area contributed by atoms with Gasteiger partial charge in [0.1, 0.15) is 0 Å². The Morgan fingerprint density at radius 1 is 1.50 bits per heavy atom. The summed E-state index contributed by atoms with van der Waals surface area (Å²) < 4.78 is 26.2. The van der Waals surface area contributed by atoms with Gasteiger partial charge in [0.15, 0.2) is 0 Å². The Morgan fingerprint density at radius 2 is 1.67 bits per heavy atom. The van der Waals surface area contributed by atoms with Crippen LogP contribution in [0, 0.1) is 0 Å². The molecule has 0 aliphatic rings. The van der Waals surface area contributed by atoms with Crippen molar-refractivity contribution >= 4 is 0 Å². The third-order valence-corrected chi connectivity index (χ3v) is 0.954. The average molecular weight is 227 g/mol. The van der Waals surface area contributed by atoms with Crippen molar-refractivity contribution in [2.24, 2.45) is 0 Å². The van der Waals surface area contributed by atoms with E-state index in [1.54, 1.807) is 0 Å². The van der Waals surface area contributed by atoms with Crippen molar-refractivity contribution in [2.45, 2.75) is 0 Å². The van der Waals surface area contributed by atoms with E-state index in [1.807, 2.05) is 0 Å². The van der Waals surface area contributed by atoms with Crippen molar-refractivity contribution in [3.05, 3.63) is 0 Å². The van der Waals surface area contributed by atoms with E-state index in [4.69, 9.17) is 7.70 Å². The molecule has 0 rings (SSSR count). The zero-order valence-electron chi connectivity index (χ0n) is 2.64. The first-order valence-corrected chi connectivity index (χ1v) is 8.42. The molecule has 0 aromatic heterocycles. The van der Waals surface area contributed by atoms with Crippen LogP contribution < -0.4 is 0 Å². The molecule has 0 radical (unpaired) electrons. The normalized spacial score (nSPS) is 4.17. The van der Waals surface area contributed by atoms with Crippen LogP contribution in [-0.4, -0.2) is 0 Å². The van der Waals surface area contributed by atoms with Gasteiger partial charge in [-0.1, -0.05) is 0 Å². The van der Waals surface area contributed by atoms with Gasteiger partial charge in [-0.2, -0.15) is 0 Å². The predicted octanol–water partition coefficient (Wildman–Crippen LogP) is -0.364. The minimum absolute atomic E-state index is 0.500. The van der Waals surface area contributed by atoms with Crippen LogP contribution in [0.4, 0.5) is 0 Å². The van der Waals surface area contributed by atoms with Crippen LogP contribution in [0.3, 0.4) is 0 Å². The second-order valence-corrected chi connectivity index (χ2v) is 4.68. The quantitative estimate of drug-likeness (QED) is 0.575. The molecule has 0 heterocycles. The van der Waals surface area contributed by atoms with Crippen LogP contribution in [-0.2, 0) is 54.6 Å². The summed E-state index contributed by atoms with van der Waals surface area (Å²) in [4.78, 5) is 0. The Labute approximate surface area is 54.5 Å². The number of hydrogen-bond acceptors (Lipinski definition) is 3. The third kappa shape index (κ3) is 19.7. The van der Waals surface area contributed by atoms with E-state index in [2.05, 4.69) is 15.7 Å². The van der Waals surface area contributed by atoms with Crippen LogP contribution >= 0.6 is 0 Å². The van der Waals surface area contributed by atoms with Gasteiger partial charge in [0.25, 0.3) is 0 Å². The molecule has 0 aromatic carbocycles. The van der Waals surface area contributed by atoms with E-state index >= 15 is 0 Å². The molecule has 0 fully saturated rings. The van der Waals surface area contributed by atoms with Gasteiger partial charge in [0.05, 0.1) is 0 Å². The zero-order chi connectivity index (χ0) is 5.41. The Kier molecular flexibility index (Phi) is 28.0. The SMILES string of the molecule is [O]=[Co].[O]=[Mn][Zn]=[O]. The zero-order valence-corrected chi connectivity index (χ0v) is 7.83. The standard InChI is InChI=1S/Co.Mn.3O.Zn. The van der Waals surface area contributed by atoms with E-state index in [0.717, 1.165) is 0 Å². The number of rotatable bonds is 1. The Bertz CT molecular complexity index is 40.1. The molecule has 0 aromatic rings. The van der Waals surface area contributed by atoms with Crippen molar-refractivity contribution in [1.29, 1.82) is 0 Å². The monoisotopic (exact) mass is 226 g/mol. The summed E-state index contributed by atoms with van der Waals surface area (Å²) in [5.74, 6) is 0. The summed E-state index contributed by atoms with van der Waals surface area (Å²) in [6.07, 6.45) is 0. The minimum atomic E-state index is -1.66. The first-order valence-electron chi connectivity index (χ1n) is 0.846. The second kappa shape index (κ2) is 16.6. The molecule has 0 amide bonds. The molecule has 0 saturated heterocycles. The molecule has 3 nitrogen and oxygen atoms in total. The molecule has 0 aliphatic heterocycles. The fourth-order valence-electron chi connectivity index (χ4n) is 0. The molecule has 0 bridgehead atoms. The van der Waals surface area contributed by atoms with Crippen molar-refractivity contribution in [2.75, 3.05) is 0 Å².